The molecule has 0 aromatic rings. The molecule has 0 spiro atoms. The molecule has 23 heavy (non-hydrogen) atoms. The maximum absolute atomic E-state index is 12.4. The molecule has 0 aliphatic heterocycles. The van der Waals surface area contributed by atoms with Gasteiger partial charge in [-0.2, -0.15) is 0 Å². The van der Waals surface area contributed by atoms with E-state index < -0.39 is 0 Å². The highest BCUT2D eigenvalue weighted by Crippen LogP contribution is 2.61. The van der Waals surface area contributed by atoms with Crippen molar-refractivity contribution >= 4 is 5.97 Å². The fraction of sp³-hybridized carbons (Fsp3) is 0.950. The summed E-state index contributed by atoms with van der Waals surface area (Å²) in [7, 11) is 0. The molecule has 134 valence electrons. The second-order valence-electron chi connectivity index (χ2n) is 8.47. The summed E-state index contributed by atoms with van der Waals surface area (Å²) >= 11 is 0. The van der Waals surface area contributed by atoms with E-state index in [-0.39, 0.29) is 12.1 Å². The maximum atomic E-state index is 12.4. The van der Waals surface area contributed by atoms with Crippen LogP contribution in [0.5, 0.6) is 0 Å². The number of hydrogen-bond donors (Lipinski definition) is 0. The lowest BCUT2D eigenvalue weighted by atomic mass is 9.45. The highest BCUT2D eigenvalue weighted by Gasteiger charge is 2.57. The molecule has 3 fully saturated rings. The van der Waals surface area contributed by atoms with Crippen LogP contribution in [-0.4, -0.2) is 36.6 Å². The van der Waals surface area contributed by atoms with Crippen molar-refractivity contribution in [3.8, 4) is 0 Å². The zero-order valence-electron chi connectivity index (χ0n) is 15.9. The summed E-state index contributed by atoms with van der Waals surface area (Å²) in [6.07, 6.45) is 7.23. The molecule has 3 aliphatic carbocycles. The zero-order chi connectivity index (χ0) is 17.0. The van der Waals surface area contributed by atoms with Gasteiger partial charge in [-0.15, -0.1) is 0 Å². The maximum Gasteiger partial charge on any atom is 0.320 e. The number of carbonyl (C=O) groups is 1. The van der Waals surface area contributed by atoms with E-state index in [4.69, 9.17) is 4.74 Å². The normalized spacial score (nSPS) is 31.7. The molecular formula is C20H37NO2. The lowest BCUT2D eigenvalue weighted by molar-refractivity contribution is -0.186. The zero-order valence-corrected chi connectivity index (χ0v) is 15.9. The van der Waals surface area contributed by atoms with Crippen LogP contribution in [0.3, 0.4) is 0 Å². The van der Waals surface area contributed by atoms with Gasteiger partial charge in [-0.1, -0.05) is 47.5 Å². The first-order chi connectivity index (χ1) is 10.9. The third-order valence-electron chi connectivity index (χ3n) is 6.58. The highest BCUT2D eigenvalue weighted by atomic mass is 16.5. The largest absolute Gasteiger partial charge is 0.461 e. The molecule has 0 aromatic carbocycles. The van der Waals surface area contributed by atoms with E-state index in [1.54, 1.807) is 0 Å². The van der Waals surface area contributed by atoms with Crippen LogP contribution in [0.2, 0.25) is 0 Å². The van der Waals surface area contributed by atoms with Crippen LogP contribution in [0.4, 0.5) is 0 Å². The SMILES string of the molecule is CCCCN(CCCC)CC(=O)O[C@@H]1C[C@@H]2C[C@H]([C@H]1C)C2(C)C. The molecule has 3 nitrogen and oxygen atoms in total. The van der Waals surface area contributed by atoms with Crippen molar-refractivity contribution < 1.29 is 9.53 Å². The summed E-state index contributed by atoms with van der Waals surface area (Å²) in [5, 5.41) is 0. The van der Waals surface area contributed by atoms with E-state index in [0.717, 1.165) is 44.2 Å². The van der Waals surface area contributed by atoms with Crippen molar-refractivity contribution in [3.05, 3.63) is 0 Å². The summed E-state index contributed by atoms with van der Waals surface area (Å²) < 4.78 is 5.91. The van der Waals surface area contributed by atoms with Crippen LogP contribution in [0.25, 0.3) is 0 Å². The lowest BCUT2D eigenvalue weighted by Gasteiger charge is -2.61. The molecule has 4 atom stereocenters. The molecule has 0 N–H and O–H groups in total. The highest BCUT2D eigenvalue weighted by molar-refractivity contribution is 5.72. The smallest absolute Gasteiger partial charge is 0.320 e. The van der Waals surface area contributed by atoms with E-state index in [9.17, 15) is 4.79 Å². The molecule has 3 heteroatoms. The van der Waals surface area contributed by atoms with Crippen LogP contribution in [-0.2, 0) is 9.53 Å². The van der Waals surface area contributed by atoms with Crippen LogP contribution in [0.15, 0.2) is 0 Å². The molecule has 0 unspecified atom stereocenters. The van der Waals surface area contributed by atoms with Gasteiger partial charge in [-0.05, 0) is 61.9 Å². The molecule has 3 rings (SSSR count). The third kappa shape index (κ3) is 4.29. The molecule has 2 bridgehead atoms. The second kappa shape index (κ2) is 8.00. The van der Waals surface area contributed by atoms with Gasteiger partial charge in [0, 0.05) is 0 Å². The van der Waals surface area contributed by atoms with Crippen LogP contribution in [0.1, 0.15) is 73.1 Å². The molecule has 0 aromatic heterocycles. The summed E-state index contributed by atoms with van der Waals surface area (Å²) in [5.41, 5.74) is 0.455. The fourth-order valence-electron chi connectivity index (χ4n) is 4.68. The minimum Gasteiger partial charge on any atom is -0.461 e. The van der Waals surface area contributed by atoms with Gasteiger partial charge in [0.1, 0.15) is 6.10 Å². The number of unbranched alkanes of at least 4 members (excludes halogenated alkanes) is 2. The van der Waals surface area contributed by atoms with Crippen LogP contribution >= 0.6 is 0 Å². The predicted octanol–water partition coefficient (Wildman–Crippen LogP) is 4.50. The molecule has 3 aliphatic rings. The summed E-state index contributed by atoms with van der Waals surface area (Å²) in [4.78, 5) is 14.7. The monoisotopic (exact) mass is 323 g/mol. The minimum absolute atomic E-state index is 0.00633. The van der Waals surface area contributed by atoms with Crippen LogP contribution in [0, 0.1) is 23.2 Å². The van der Waals surface area contributed by atoms with Crippen molar-refractivity contribution in [2.45, 2.75) is 79.2 Å². The topological polar surface area (TPSA) is 29.5 Å². The number of nitrogens with zero attached hydrogens (tertiary/aromatic N) is 1. The van der Waals surface area contributed by atoms with Gasteiger partial charge in [0.2, 0.25) is 0 Å². The number of ether oxygens (including phenoxy) is 1. The molecule has 0 heterocycles. The second-order valence-corrected chi connectivity index (χ2v) is 8.47. The average Bonchev–Trinajstić information content (AvgIpc) is 2.51. The number of esters is 1. The molecule has 3 saturated carbocycles. The van der Waals surface area contributed by atoms with E-state index >= 15 is 0 Å². The summed E-state index contributed by atoms with van der Waals surface area (Å²) in [6, 6.07) is 0. The standard InChI is InChI=1S/C20H37NO2/c1-6-8-10-21(11-9-7-2)14-19(22)23-18-13-16-12-17(15(18)3)20(16,4)5/h15-18H,6-14H2,1-5H3/t15-,16+,17-,18-/m1/s1. The van der Waals surface area contributed by atoms with Gasteiger partial charge >= 0.3 is 5.97 Å². The first-order valence-electron chi connectivity index (χ1n) is 9.81. The third-order valence-corrected chi connectivity index (χ3v) is 6.58. The Labute approximate surface area is 143 Å². The van der Waals surface area contributed by atoms with Crippen molar-refractivity contribution in [2.75, 3.05) is 19.6 Å². The van der Waals surface area contributed by atoms with Gasteiger partial charge in [0.05, 0.1) is 6.54 Å². The summed E-state index contributed by atoms with van der Waals surface area (Å²) in [5.74, 6) is 1.99. The Bertz CT molecular complexity index is 385. The Morgan fingerprint density at radius 2 is 1.74 bits per heavy atom. The van der Waals surface area contributed by atoms with Crippen molar-refractivity contribution in [1.29, 1.82) is 0 Å². The average molecular weight is 324 g/mol. The van der Waals surface area contributed by atoms with E-state index in [1.807, 2.05) is 0 Å². The lowest BCUT2D eigenvalue weighted by Crippen LogP contribution is -2.57. The van der Waals surface area contributed by atoms with Crippen molar-refractivity contribution in [2.24, 2.45) is 23.2 Å². The van der Waals surface area contributed by atoms with Crippen LogP contribution < -0.4 is 0 Å². The molecule has 0 radical (unpaired) electrons. The Morgan fingerprint density at radius 1 is 1.13 bits per heavy atom. The first kappa shape index (κ1) is 18.8. The Hall–Kier alpha value is -0.570. The number of fused-ring (bicyclic) bond motifs is 2. The Balaban J connectivity index is 1.81. The Kier molecular flexibility index (Phi) is 6.53. The van der Waals surface area contributed by atoms with Gasteiger partial charge < -0.3 is 4.74 Å². The Morgan fingerprint density at radius 3 is 2.22 bits per heavy atom. The van der Waals surface area contributed by atoms with E-state index in [2.05, 4.69) is 39.5 Å². The minimum atomic E-state index is -0.00633. The van der Waals surface area contributed by atoms with Gasteiger partial charge in [0.25, 0.3) is 0 Å². The van der Waals surface area contributed by atoms with Crippen molar-refractivity contribution in [1.82, 2.24) is 4.90 Å². The first-order valence-corrected chi connectivity index (χ1v) is 9.81. The summed E-state index contributed by atoms with van der Waals surface area (Å²) in [6.45, 7) is 14.0. The molecule has 0 saturated heterocycles. The number of rotatable bonds is 9. The predicted molar refractivity (Wildman–Crippen MR) is 95.3 cm³/mol. The van der Waals surface area contributed by atoms with Gasteiger partial charge in [-0.3, -0.25) is 9.69 Å². The van der Waals surface area contributed by atoms with E-state index in [0.29, 0.717) is 17.9 Å². The van der Waals surface area contributed by atoms with Gasteiger partial charge in [-0.25, -0.2) is 0 Å². The number of carbonyl (C=O) groups excluding carboxylic acids is 1. The number of hydrogen-bond acceptors (Lipinski definition) is 3. The quantitative estimate of drug-likeness (QED) is 0.585. The van der Waals surface area contributed by atoms with Crippen molar-refractivity contribution in [3.63, 3.8) is 0 Å². The fourth-order valence-corrected chi connectivity index (χ4v) is 4.68. The molecule has 0 amide bonds. The molecular weight excluding hydrogens is 286 g/mol. The van der Waals surface area contributed by atoms with Gasteiger partial charge in [0.15, 0.2) is 0 Å². The van der Waals surface area contributed by atoms with E-state index in [1.165, 1.54) is 19.3 Å².